The molecule has 0 aromatic heterocycles. The second-order valence-electron chi connectivity index (χ2n) is 15.7. The largest absolute Gasteiger partial charge is 0.463 e. The zero-order chi connectivity index (χ0) is 33.5. The van der Waals surface area contributed by atoms with Gasteiger partial charge in [-0.15, -0.1) is 0 Å². The Morgan fingerprint density at radius 3 is 2.06 bits per heavy atom. The quantitative estimate of drug-likeness (QED) is 0.270. The summed E-state index contributed by atoms with van der Waals surface area (Å²) in [7, 11) is 0. The molecule has 2 aromatic rings. The number of carbonyl (C=O) groups excluding carboxylic acids is 3. The Kier molecular flexibility index (Phi) is 9.57. The van der Waals surface area contributed by atoms with E-state index in [0.29, 0.717) is 18.1 Å². The smallest absolute Gasteiger partial charge is 0.302 e. The highest BCUT2D eigenvalue weighted by atomic mass is 16.5. The summed E-state index contributed by atoms with van der Waals surface area (Å²) in [5, 5.41) is 0. The van der Waals surface area contributed by atoms with Gasteiger partial charge >= 0.3 is 11.9 Å². The van der Waals surface area contributed by atoms with Gasteiger partial charge in [0, 0.05) is 31.6 Å². The molecule has 0 N–H and O–H groups in total. The number of esters is 2. The lowest BCUT2D eigenvalue weighted by molar-refractivity contribution is -0.216. The molecule has 0 saturated heterocycles. The van der Waals surface area contributed by atoms with Gasteiger partial charge in [-0.1, -0.05) is 94.4 Å². The molecule has 0 aliphatic heterocycles. The van der Waals surface area contributed by atoms with Gasteiger partial charge < -0.3 is 9.47 Å². The number of ether oxygens (including phenoxy) is 2. The molecule has 0 bridgehead atoms. The lowest BCUT2D eigenvalue weighted by Gasteiger charge is -2.64. The van der Waals surface area contributed by atoms with Crippen LogP contribution in [0.3, 0.4) is 0 Å². The van der Waals surface area contributed by atoms with Crippen molar-refractivity contribution in [2.75, 3.05) is 0 Å². The average molecular weight is 639 g/mol. The summed E-state index contributed by atoms with van der Waals surface area (Å²) in [5.74, 6) is 1.48. The van der Waals surface area contributed by atoms with Crippen molar-refractivity contribution in [1.82, 2.24) is 0 Å². The van der Waals surface area contributed by atoms with Crippen molar-refractivity contribution in [3.05, 3.63) is 77.9 Å². The maximum absolute atomic E-state index is 14.7. The predicted molar refractivity (Wildman–Crippen MR) is 185 cm³/mol. The number of fused-ring (bicyclic) bond motifs is 5. The van der Waals surface area contributed by atoms with Crippen LogP contribution >= 0.6 is 0 Å². The highest BCUT2D eigenvalue weighted by molar-refractivity contribution is 5.87. The fourth-order valence-electron chi connectivity index (χ4n) is 11.4. The Balaban J connectivity index is 1.32. The van der Waals surface area contributed by atoms with Crippen molar-refractivity contribution in [3.63, 3.8) is 0 Å². The Morgan fingerprint density at radius 1 is 0.872 bits per heavy atom. The van der Waals surface area contributed by atoms with Gasteiger partial charge in [0.1, 0.15) is 18.0 Å². The van der Waals surface area contributed by atoms with E-state index in [4.69, 9.17) is 9.47 Å². The van der Waals surface area contributed by atoms with Crippen LogP contribution < -0.4 is 0 Å². The average Bonchev–Trinajstić information content (AvgIpc) is 3.41. The van der Waals surface area contributed by atoms with E-state index in [1.807, 2.05) is 0 Å². The third-order valence-corrected chi connectivity index (χ3v) is 13.5. The minimum Gasteiger partial charge on any atom is -0.463 e. The molecule has 252 valence electrons. The monoisotopic (exact) mass is 638 g/mol. The molecule has 0 spiro atoms. The third-order valence-electron chi connectivity index (χ3n) is 13.5. The second-order valence-corrected chi connectivity index (χ2v) is 15.7. The maximum atomic E-state index is 14.7. The lowest BCUT2D eigenvalue weighted by atomic mass is 9.41. The Bertz CT molecular complexity index is 1440. The molecule has 2 aromatic carbocycles. The van der Waals surface area contributed by atoms with Crippen LogP contribution in [0.25, 0.3) is 5.57 Å². The number of ketones is 1. The molecule has 3 unspecified atom stereocenters. The van der Waals surface area contributed by atoms with Crippen LogP contribution in [0, 0.1) is 52.3 Å². The summed E-state index contributed by atoms with van der Waals surface area (Å²) in [4.78, 5) is 39.3. The van der Waals surface area contributed by atoms with E-state index in [1.165, 1.54) is 30.5 Å². The van der Waals surface area contributed by atoms with Crippen molar-refractivity contribution < 1.29 is 23.9 Å². The first-order chi connectivity index (χ1) is 22.5. The second kappa shape index (κ2) is 13.4. The van der Waals surface area contributed by atoms with Gasteiger partial charge in [0.15, 0.2) is 0 Å². The molecule has 5 heteroatoms. The molecule has 0 amide bonds. The van der Waals surface area contributed by atoms with Crippen molar-refractivity contribution in [1.29, 1.82) is 0 Å². The topological polar surface area (TPSA) is 69.7 Å². The minimum atomic E-state index is -0.442. The minimum absolute atomic E-state index is 0.0532. The van der Waals surface area contributed by atoms with Gasteiger partial charge in [-0.2, -0.15) is 0 Å². The standard InChI is InChI=1S/C42H54O5/c1-7-32-36-24-31(46-27(3)43)22-23-41(36,5)37-25-38(45)42(6)34(20-21-35(42)39(37)40(32)47-28(4)44)26(2)18-19-33(29-14-10-8-11-15-29)30-16-12-9-13-17-30/h8-17,19,26,31-32,34-37,39-40H,7,18,20-25H2,1-6H3/t26-,31-,32-,34-,35?,36+,37?,39?,40-,41+,42-/m1/s1. The molecule has 4 aliphatic rings. The van der Waals surface area contributed by atoms with Crippen molar-refractivity contribution in [2.24, 2.45) is 52.3 Å². The van der Waals surface area contributed by atoms with Crippen molar-refractivity contribution in [2.45, 2.75) is 105 Å². The molecular weight excluding hydrogens is 584 g/mol. The van der Waals surface area contributed by atoms with E-state index < -0.39 is 5.41 Å². The van der Waals surface area contributed by atoms with Crippen LogP contribution in [-0.4, -0.2) is 29.9 Å². The van der Waals surface area contributed by atoms with Gasteiger partial charge in [0.25, 0.3) is 0 Å². The number of hydrogen-bond donors (Lipinski definition) is 0. The summed E-state index contributed by atoms with van der Waals surface area (Å²) >= 11 is 0. The highest BCUT2D eigenvalue weighted by Crippen LogP contribution is 2.69. The molecule has 6 rings (SSSR count). The van der Waals surface area contributed by atoms with Gasteiger partial charge in [-0.25, -0.2) is 0 Å². The number of carbonyl (C=O) groups is 3. The number of allylic oxidation sites excluding steroid dienone is 1. The lowest BCUT2D eigenvalue weighted by Crippen LogP contribution is -2.65. The van der Waals surface area contributed by atoms with E-state index in [9.17, 15) is 14.4 Å². The molecule has 5 nitrogen and oxygen atoms in total. The summed E-state index contributed by atoms with van der Waals surface area (Å²) in [6.45, 7) is 12.2. The molecule has 11 atom stereocenters. The van der Waals surface area contributed by atoms with Gasteiger partial charge in [-0.05, 0) is 103 Å². The maximum Gasteiger partial charge on any atom is 0.302 e. The number of Topliss-reactive ketones (excluding diaryl/α,β-unsaturated/α-hetero) is 1. The van der Waals surface area contributed by atoms with E-state index >= 15 is 0 Å². The molecule has 0 heterocycles. The third kappa shape index (κ3) is 6.02. The number of rotatable bonds is 8. The first-order valence-corrected chi connectivity index (χ1v) is 18.2. The van der Waals surface area contributed by atoms with Crippen LogP contribution in [0.15, 0.2) is 66.7 Å². The van der Waals surface area contributed by atoms with E-state index in [2.05, 4.69) is 94.4 Å². The molecule has 4 fully saturated rings. The molecule has 0 radical (unpaired) electrons. The first kappa shape index (κ1) is 33.7. The fraction of sp³-hybridized carbons (Fsp3) is 0.595. The zero-order valence-corrected chi connectivity index (χ0v) is 29.2. The van der Waals surface area contributed by atoms with Crippen LogP contribution in [0.4, 0.5) is 0 Å². The Hall–Kier alpha value is -3.21. The van der Waals surface area contributed by atoms with Crippen LogP contribution in [0.2, 0.25) is 0 Å². The molecule has 4 aliphatic carbocycles. The van der Waals surface area contributed by atoms with Crippen LogP contribution in [0.1, 0.15) is 104 Å². The Labute approximate surface area is 281 Å². The summed E-state index contributed by atoms with van der Waals surface area (Å²) in [6, 6.07) is 21.2. The predicted octanol–water partition coefficient (Wildman–Crippen LogP) is 9.09. The Morgan fingerprint density at radius 2 is 1.49 bits per heavy atom. The summed E-state index contributed by atoms with van der Waals surface area (Å²) < 4.78 is 12.1. The van der Waals surface area contributed by atoms with E-state index in [-0.39, 0.29) is 65.1 Å². The number of hydrogen-bond acceptors (Lipinski definition) is 5. The molecule has 47 heavy (non-hydrogen) atoms. The van der Waals surface area contributed by atoms with Gasteiger partial charge in [0.2, 0.25) is 0 Å². The first-order valence-electron chi connectivity index (χ1n) is 18.2. The van der Waals surface area contributed by atoms with Gasteiger partial charge in [0.05, 0.1) is 0 Å². The van der Waals surface area contributed by atoms with Crippen molar-refractivity contribution >= 4 is 23.3 Å². The normalized spacial score (nSPS) is 36.7. The molecular formula is C42H54O5. The zero-order valence-electron chi connectivity index (χ0n) is 29.2. The van der Waals surface area contributed by atoms with Gasteiger partial charge in [-0.3, -0.25) is 14.4 Å². The number of benzene rings is 2. The van der Waals surface area contributed by atoms with E-state index in [0.717, 1.165) is 44.9 Å². The van der Waals surface area contributed by atoms with E-state index in [1.54, 1.807) is 0 Å². The highest BCUT2D eigenvalue weighted by Gasteiger charge is 2.68. The summed E-state index contributed by atoms with van der Waals surface area (Å²) in [6.07, 6.45) is 8.98. The van der Waals surface area contributed by atoms with Crippen LogP contribution in [-0.2, 0) is 23.9 Å². The summed E-state index contributed by atoms with van der Waals surface area (Å²) in [5.41, 5.74) is 3.16. The van der Waals surface area contributed by atoms with Crippen LogP contribution in [0.5, 0.6) is 0 Å². The molecule has 4 saturated carbocycles. The van der Waals surface area contributed by atoms with Crippen molar-refractivity contribution in [3.8, 4) is 0 Å². The fourth-order valence-corrected chi connectivity index (χ4v) is 11.4. The SMILES string of the molecule is CC[C@H]1[C@@H](OC(C)=O)C2C3CC[C@H]([C@H](C)CC=C(c4ccccc4)c4ccccc4)[C@@]3(C)C(=O)CC2[C@@]2(C)CC[C@@H](OC(C)=O)C[C@@H]12.